The quantitative estimate of drug-likeness (QED) is 0.0415. The van der Waals surface area contributed by atoms with E-state index in [0.717, 1.165) is 95.3 Å². The van der Waals surface area contributed by atoms with Crippen molar-refractivity contribution in [1.82, 2.24) is 0 Å². The highest BCUT2D eigenvalue weighted by Gasteiger charge is 2.65. The number of phenols is 2. The number of carbonyl (C=O) groups is 7. The second-order valence-corrected chi connectivity index (χ2v) is 36.2. The molecule has 0 radical (unpaired) electrons. The summed E-state index contributed by atoms with van der Waals surface area (Å²) in [5.74, 6) is 3.04. The van der Waals surface area contributed by atoms with Crippen LogP contribution in [0.2, 0.25) is 0 Å². The number of aliphatic hydroxyl groups is 2. The minimum absolute atomic E-state index is 0.0226. The Kier molecular flexibility index (Phi) is 25.8. The first-order valence-corrected chi connectivity index (χ1v) is 39.1. The molecule has 11 aliphatic carbocycles. The summed E-state index contributed by atoms with van der Waals surface area (Å²) in [5, 5.41) is 39.9. The van der Waals surface area contributed by atoms with Crippen LogP contribution in [0.15, 0.2) is 42.5 Å². The van der Waals surface area contributed by atoms with E-state index < -0.39 is 51.6 Å². The highest BCUT2D eigenvalue weighted by atomic mass is 16.6. The lowest BCUT2D eigenvalue weighted by Crippen LogP contribution is -2.67. The van der Waals surface area contributed by atoms with Crippen LogP contribution in [0.1, 0.15) is 301 Å². The Labute approximate surface area is 609 Å². The van der Waals surface area contributed by atoms with Gasteiger partial charge >= 0.3 is 41.8 Å². The average molecular weight is 1430 g/mol. The molecule has 102 heavy (non-hydrogen) atoms. The van der Waals surface area contributed by atoms with E-state index in [1.54, 1.807) is 26.0 Å². The largest absolute Gasteiger partial charge is 0.504 e. The molecule has 8 unspecified atom stereocenters. The normalized spacial score (nSPS) is 31.4. The van der Waals surface area contributed by atoms with Gasteiger partial charge in [0.05, 0.1) is 44.3 Å². The number of hydrogen-bond acceptors (Lipinski definition) is 18. The molecule has 13 aliphatic rings. The molecule has 12 bridgehead atoms. The van der Waals surface area contributed by atoms with E-state index in [1.807, 2.05) is 74.4 Å². The molecule has 4 N–H and O–H groups in total. The molecule has 572 valence electrons. The fraction of sp³-hybridized carbons (Fsp3) is 0.774. The first kappa shape index (κ1) is 81.9. The molecule has 2 aromatic rings. The molecule has 0 aromatic heterocycles. The van der Waals surface area contributed by atoms with E-state index in [2.05, 4.69) is 48.5 Å². The number of carbonyl (C=O) groups excluding carboxylic acids is 7. The third kappa shape index (κ3) is 18.7. The van der Waals surface area contributed by atoms with Crippen LogP contribution in [0, 0.1) is 80.8 Å². The molecule has 13 fully saturated rings. The van der Waals surface area contributed by atoms with E-state index in [1.165, 1.54) is 68.7 Å². The van der Waals surface area contributed by atoms with E-state index in [-0.39, 0.29) is 93.6 Å². The lowest BCUT2D eigenvalue weighted by atomic mass is 9.47. The molecule has 2 saturated heterocycles. The lowest BCUT2D eigenvalue weighted by Gasteiger charge is -2.62. The SMILES string of the molecule is CCC(C)(C)C(=O)OC1(C(C)C)C2CC3CC(C2)CC1C3.CCC(C)(C)C(=O)OC1(C(C)C)CCCC1.CCC(C)(C)C(=O)OC12CC3CC(O)(CC(O)(C3)C1)C2.CCC(C)(C)C(=O)OCC(=O)OC1C2CC3CC(C2)C(=O)OC1C3.CCC(C)c1ccc(C(=O)Oc2ccc(O)c(O)c2)cc1. The van der Waals surface area contributed by atoms with E-state index in [4.69, 9.17) is 33.2 Å². The van der Waals surface area contributed by atoms with Crippen molar-refractivity contribution in [2.24, 2.45) is 80.8 Å². The van der Waals surface area contributed by atoms with Gasteiger partial charge in [0.15, 0.2) is 18.1 Å². The number of aromatic hydroxyl groups is 2. The standard InChI is InChI=1S/C19H32O2.C18H26O6.C17H18O4.C16H26O4.C14H26O2/c1-6-18(4,5)17(20)21-19(12(2)3)15-8-13-7-14(10-15)11-16(19)9-13;1-4-18(2,3)17(21)22-9-14(19)24-15-11-5-10-6-12(8-11)16(20)23-13(15)7-10;1-3-11(2)12-4-6-13(7-5-12)17(20)21-14-8-9-15(18)16(19)10-14;1-4-13(2,3)12(17)20-16-7-11-5-14(18,9-16)8-15(19,6-11)10-16;1-6-13(4,5)12(15)16-14(11(2)3)9-7-8-10-14/h12-16H,6-11H2,1-5H3;10-13,15H,4-9H2,1-3H3;4-11,18-19H,3H2,1-2H3;11,18-19H,4-10H2,1-3H3;11H,6-10H2,1-5H3. The summed E-state index contributed by atoms with van der Waals surface area (Å²) in [6, 6.07) is 11.2. The van der Waals surface area contributed by atoms with Crippen LogP contribution >= 0.6 is 0 Å². The summed E-state index contributed by atoms with van der Waals surface area (Å²) in [5.41, 5.74) is -2.88. The summed E-state index contributed by atoms with van der Waals surface area (Å²) < 4.78 is 39.5. The van der Waals surface area contributed by atoms with Gasteiger partial charge in [-0.15, -0.1) is 0 Å². The highest BCUT2D eigenvalue weighted by molar-refractivity contribution is 5.91. The van der Waals surface area contributed by atoms with Gasteiger partial charge < -0.3 is 53.6 Å². The number of phenolic OH excluding ortho intramolecular Hbond substituents is 2. The molecule has 18 heteroatoms. The maximum absolute atomic E-state index is 12.8. The predicted molar refractivity (Wildman–Crippen MR) is 389 cm³/mol. The Morgan fingerprint density at radius 1 is 0.559 bits per heavy atom. The van der Waals surface area contributed by atoms with Gasteiger partial charge in [0.2, 0.25) is 0 Å². The Bertz CT molecular complexity index is 3210. The van der Waals surface area contributed by atoms with Gasteiger partial charge in [0, 0.05) is 31.2 Å². The van der Waals surface area contributed by atoms with Gasteiger partial charge in [-0.2, -0.15) is 0 Å². The zero-order chi connectivity index (χ0) is 75.5. The molecule has 2 aliphatic heterocycles. The maximum Gasteiger partial charge on any atom is 0.344 e. The van der Waals surface area contributed by atoms with E-state index >= 15 is 0 Å². The van der Waals surface area contributed by atoms with Crippen molar-refractivity contribution < 1.29 is 87.1 Å². The van der Waals surface area contributed by atoms with E-state index in [9.17, 15) is 54.0 Å². The molecular weight excluding hydrogens is 1300 g/mol. The minimum atomic E-state index is -0.842. The van der Waals surface area contributed by atoms with Crippen LogP contribution in [-0.2, 0) is 57.2 Å². The van der Waals surface area contributed by atoms with Crippen LogP contribution in [-0.4, -0.2) is 109 Å². The van der Waals surface area contributed by atoms with Crippen LogP contribution in [0.4, 0.5) is 0 Å². The molecule has 11 saturated carbocycles. The number of fused-ring (bicyclic) bond motifs is 1. The number of ether oxygens (including phenoxy) is 7. The molecule has 0 amide bonds. The number of rotatable bonds is 20. The number of hydrogen-bond donors (Lipinski definition) is 4. The van der Waals surface area contributed by atoms with Crippen molar-refractivity contribution in [2.75, 3.05) is 6.61 Å². The van der Waals surface area contributed by atoms with Gasteiger partial charge in [0.25, 0.3) is 0 Å². The fourth-order valence-electron chi connectivity index (χ4n) is 18.7. The van der Waals surface area contributed by atoms with Gasteiger partial charge in [-0.25, -0.2) is 9.59 Å². The zero-order valence-electron chi connectivity index (χ0n) is 65.2. The summed E-state index contributed by atoms with van der Waals surface area (Å²) in [6.45, 7) is 36.1. The molecule has 2 heterocycles. The maximum atomic E-state index is 12.8. The van der Waals surface area contributed by atoms with Crippen LogP contribution in [0.25, 0.3) is 0 Å². The minimum Gasteiger partial charge on any atom is -0.504 e. The Morgan fingerprint density at radius 3 is 1.56 bits per heavy atom. The Balaban J connectivity index is 0.000000163. The van der Waals surface area contributed by atoms with Crippen molar-refractivity contribution in [1.29, 1.82) is 0 Å². The Hall–Kier alpha value is -5.75. The third-order valence-electron chi connectivity index (χ3n) is 26.3. The number of benzene rings is 2. The fourth-order valence-corrected chi connectivity index (χ4v) is 18.7. The molecule has 8 atom stereocenters. The van der Waals surface area contributed by atoms with Crippen molar-refractivity contribution >= 4 is 41.8 Å². The smallest absolute Gasteiger partial charge is 0.344 e. The third-order valence-corrected chi connectivity index (χ3v) is 26.3. The zero-order valence-corrected chi connectivity index (χ0v) is 65.2. The Morgan fingerprint density at radius 2 is 1.07 bits per heavy atom. The van der Waals surface area contributed by atoms with Gasteiger partial charge in [-0.1, -0.05) is 81.4 Å². The van der Waals surface area contributed by atoms with Gasteiger partial charge in [-0.3, -0.25) is 24.0 Å². The van der Waals surface area contributed by atoms with Crippen LogP contribution < -0.4 is 4.74 Å². The molecule has 2 aromatic carbocycles. The summed E-state index contributed by atoms with van der Waals surface area (Å²) >= 11 is 0. The lowest BCUT2D eigenvalue weighted by molar-refractivity contribution is -0.264. The van der Waals surface area contributed by atoms with Crippen LogP contribution in [0.5, 0.6) is 17.2 Å². The van der Waals surface area contributed by atoms with Crippen molar-refractivity contribution in [3.63, 3.8) is 0 Å². The second-order valence-electron chi connectivity index (χ2n) is 36.2. The summed E-state index contributed by atoms with van der Waals surface area (Å²) in [4.78, 5) is 85.4. The van der Waals surface area contributed by atoms with Gasteiger partial charge in [0.1, 0.15) is 34.8 Å². The van der Waals surface area contributed by atoms with Crippen molar-refractivity contribution in [3.8, 4) is 17.2 Å². The molecule has 0 spiro atoms. The predicted octanol–water partition coefficient (Wildman–Crippen LogP) is 17.0. The first-order chi connectivity index (χ1) is 47.5. The monoisotopic (exact) mass is 1420 g/mol. The van der Waals surface area contributed by atoms with Crippen molar-refractivity contribution in [3.05, 3.63) is 53.6 Å². The highest BCUT2D eigenvalue weighted by Crippen LogP contribution is 2.63. The van der Waals surface area contributed by atoms with E-state index in [0.29, 0.717) is 66.8 Å². The summed E-state index contributed by atoms with van der Waals surface area (Å²) in [7, 11) is 0. The molecule has 18 nitrogen and oxygen atoms in total. The number of esters is 7. The first-order valence-electron chi connectivity index (χ1n) is 39.1. The topological polar surface area (TPSA) is 265 Å². The van der Waals surface area contributed by atoms with Crippen LogP contribution in [0.3, 0.4) is 0 Å². The molecular formula is C84H128O18. The second kappa shape index (κ2) is 32.1. The summed E-state index contributed by atoms with van der Waals surface area (Å²) in [6.07, 6.45) is 21.5. The van der Waals surface area contributed by atoms with Crippen molar-refractivity contribution in [2.45, 2.75) is 325 Å². The average Bonchev–Trinajstić information content (AvgIpc) is 0.836. The van der Waals surface area contributed by atoms with Gasteiger partial charge in [-0.05, 0) is 273 Å². The molecule has 15 rings (SSSR count).